The average molecular weight is 314 g/mol. The van der Waals surface area contributed by atoms with E-state index in [9.17, 15) is 13.2 Å². The van der Waals surface area contributed by atoms with Crippen molar-refractivity contribution in [3.63, 3.8) is 0 Å². The van der Waals surface area contributed by atoms with Gasteiger partial charge in [-0.25, -0.2) is 8.42 Å². The summed E-state index contributed by atoms with van der Waals surface area (Å²) in [7, 11) is -3.67. The summed E-state index contributed by atoms with van der Waals surface area (Å²) in [4.78, 5) is 11.6. The third-order valence-corrected chi connectivity index (χ3v) is 6.08. The number of Topliss-reactive ketones (excluding diaryl/α,β-unsaturated/α-hetero) is 1. The van der Waals surface area contributed by atoms with Gasteiger partial charge in [-0.15, -0.1) is 0 Å². The third kappa shape index (κ3) is 3.35. The molecule has 21 heavy (non-hydrogen) atoms. The highest BCUT2D eigenvalue weighted by molar-refractivity contribution is 7.89. The maximum atomic E-state index is 12.9. The first-order valence-electron chi connectivity index (χ1n) is 7.28. The molecule has 0 radical (unpaired) electrons. The molecule has 1 aliphatic rings. The van der Waals surface area contributed by atoms with Crippen LogP contribution in [0.25, 0.3) is 0 Å². The van der Waals surface area contributed by atoms with E-state index in [1.807, 2.05) is 0 Å². The zero-order chi connectivity index (χ0) is 15.6. The van der Waals surface area contributed by atoms with Crippen molar-refractivity contribution in [1.29, 1.82) is 0 Å². The van der Waals surface area contributed by atoms with E-state index in [0.29, 0.717) is 18.0 Å². The van der Waals surface area contributed by atoms with Crippen LogP contribution < -0.4 is 0 Å². The predicted molar refractivity (Wildman–Crippen MR) is 77.4 cm³/mol. The number of carbonyl (C=O) groups excluding carboxylic acids is 1. The van der Waals surface area contributed by atoms with E-state index < -0.39 is 10.0 Å². The number of aromatic nitrogens is 1. The highest BCUT2D eigenvalue weighted by atomic mass is 32.2. The second-order valence-corrected chi connectivity index (χ2v) is 7.51. The second-order valence-electron chi connectivity index (χ2n) is 5.68. The Morgan fingerprint density at radius 1 is 1.33 bits per heavy atom. The molecule has 6 nitrogen and oxygen atoms in total. The number of carbonyl (C=O) groups is 1. The first-order valence-corrected chi connectivity index (χ1v) is 8.72. The molecule has 0 amide bonds. The number of aryl methyl sites for hydroxylation is 2. The van der Waals surface area contributed by atoms with Crippen molar-refractivity contribution in [1.82, 2.24) is 9.46 Å². The first-order chi connectivity index (χ1) is 9.84. The van der Waals surface area contributed by atoms with E-state index in [0.717, 1.165) is 25.7 Å². The Labute approximate surface area is 125 Å². The smallest absolute Gasteiger partial charge is 0.248 e. The lowest BCUT2D eigenvalue weighted by Crippen LogP contribution is -2.41. The van der Waals surface area contributed by atoms with Gasteiger partial charge in [-0.05, 0) is 33.6 Å². The molecule has 1 saturated heterocycles. The van der Waals surface area contributed by atoms with E-state index >= 15 is 0 Å². The Morgan fingerprint density at radius 3 is 2.62 bits per heavy atom. The third-order valence-electron chi connectivity index (χ3n) is 3.88. The van der Waals surface area contributed by atoms with Gasteiger partial charge in [0.05, 0.1) is 0 Å². The minimum Gasteiger partial charge on any atom is -0.360 e. The van der Waals surface area contributed by atoms with Crippen LogP contribution in [0.4, 0.5) is 0 Å². The molecule has 2 rings (SSSR count). The van der Waals surface area contributed by atoms with Gasteiger partial charge >= 0.3 is 0 Å². The molecule has 0 N–H and O–H groups in total. The fraction of sp³-hybridized carbons (Fsp3) is 0.714. The van der Waals surface area contributed by atoms with E-state index in [1.165, 1.54) is 11.2 Å². The zero-order valence-corrected chi connectivity index (χ0v) is 13.6. The monoisotopic (exact) mass is 314 g/mol. The highest BCUT2D eigenvalue weighted by Crippen LogP contribution is 2.29. The van der Waals surface area contributed by atoms with E-state index in [2.05, 4.69) is 5.16 Å². The number of ketones is 1. The number of sulfonamides is 1. The fourth-order valence-corrected chi connectivity index (χ4v) is 4.95. The van der Waals surface area contributed by atoms with E-state index in [-0.39, 0.29) is 23.1 Å². The van der Waals surface area contributed by atoms with Crippen LogP contribution in [0.1, 0.15) is 50.5 Å². The molecule has 118 valence electrons. The number of nitrogens with zero attached hydrogens (tertiary/aromatic N) is 2. The van der Waals surface area contributed by atoms with Crippen LogP contribution in [-0.4, -0.2) is 36.2 Å². The summed E-state index contributed by atoms with van der Waals surface area (Å²) < 4.78 is 32.4. The second kappa shape index (κ2) is 6.27. The van der Waals surface area contributed by atoms with Crippen LogP contribution in [0.2, 0.25) is 0 Å². The molecule has 0 aromatic carbocycles. The molecule has 1 atom stereocenters. The Bertz CT molecular complexity index is 601. The molecule has 1 fully saturated rings. The van der Waals surface area contributed by atoms with Gasteiger partial charge < -0.3 is 4.52 Å². The Hall–Kier alpha value is -1.21. The molecule has 0 aliphatic carbocycles. The maximum Gasteiger partial charge on any atom is 0.248 e. The Balaban J connectivity index is 2.41. The maximum absolute atomic E-state index is 12.9. The van der Waals surface area contributed by atoms with Crippen molar-refractivity contribution in [3.05, 3.63) is 11.5 Å². The van der Waals surface area contributed by atoms with Crippen LogP contribution in [0.5, 0.6) is 0 Å². The zero-order valence-electron chi connectivity index (χ0n) is 12.8. The lowest BCUT2D eigenvalue weighted by Gasteiger charge is -2.28. The van der Waals surface area contributed by atoms with Crippen LogP contribution in [0.3, 0.4) is 0 Å². The van der Waals surface area contributed by atoms with E-state index in [4.69, 9.17) is 4.52 Å². The molecule has 0 saturated carbocycles. The van der Waals surface area contributed by atoms with Gasteiger partial charge in [-0.1, -0.05) is 18.0 Å². The fourth-order valence-electron chi connectivity index (χ4n) is 2.96. The normalized spacial score (nSPS) is 21.2. The van der Waals surface area contributed by atoms with Crippen LogP contribution in [0, 0.1) is 13.8 Å². The summed E-state index contributed by atoms with van der Waals surface area (Å²) in [5.41, 5.74) is 0.373. The molecule has 0 spiro atoms. The van der Waals surface area contributed by atoms with Gasteiger partial charge in [-0.2, -0.15) is 4.31 Å². The first kappa shape index (κ1) is 16.2. The molecule has 1 aromatic heterocycles. The van der Waals surface area contributed by atoms with Gasteiger partial charge in [0, 0.05) is 19.0 Å². The molecule has 2 heterocycles. The lowest BCUT2D eigenvalue weighted by atomic mass is 10.1. The Kier molecular flexibility index (Phi) is 4.83. The molecule has 0 bridgehead atoms. The van der Waals surface area contributed by atoms with Gasteiger partial charge in [0.2, 0.25) is 10.0 Å². The van der Waals surface area contributed by atoms with E-state index in [1.54, 1.807) is 13.8 Å². The molecule has 7 heteroatoms. The quantitative estimate of drug-likeness (QED) is 0.851. The summed E-state index contributed by atoms with van der Waals surface area (Å²) in [6.45, 7) is 5.18. The molecular formula is C14H22N2O4S. The minimum absolute atomic E-state index is 0.0147. The molecule has 1 unspecified atom stereocenters. The molecule has 1 aliphatic heterocycles. The van der Waals surface area contributed by atoms with Crippen LogP contribution in [0.15, 0.2) is 9.42 Å². The molecular weight excluding hydrogens is 292 g/mol. The SMILES string of the molecule is CC(=O)CC1CCCCCN1S(=O)(=O)c1c(C)noc1C. The van der Waals surface area contributed by atoms with Crippen molar-refractivity contribution in [3.8, 4) is 0 Å². The lowest BCUT2D eigenvalue weighted by molar-refractivity contribution is -0.117. The molecule has 1 aromatic rings. The summed E-state index contributed by atoms with van der Waals surface area (Å²) in [6, 6.07) is -0.260. The minimum atomic E-state index is -3.67. The van der Waals surface area contributed by atoms with Gasteiger partial charge in [0.1, 0.15) is 16.4 Å². The highest BCUT2D eigenvalue weighted by Gasteiger charge is 2.36. The summed E-state index contributed by atoms with van der Waals surface area (Å²) >= 11 is 0. The van der Waals surface area contributed by atoms with Crippen molar-refractivity contribution >= 4 is 15.8 Å². The van der Waals surface area contributed by atoms with Gasteiger partial charge in [0.25, 0.3) is 0 Å². The van der Waals surface area contributed by atoms with Crippen LogP contribution >= 0.6 is 0 Å². The summed E-state index contributed by atoms with van der Waals surface area (Å²) in [5, 5.41) is 3.74. The Morgan fingerprint density at radius 2 is 2.05 bits per heavy atom. The van der Waals surface area contributed by atoms with Crippen molar-refractivity contribution < 1.29 is 17.7 Å². The topological polar surface area (TPSA) is 80.5 Å². The van der Waals surface area contributed by atoms with Crippen molar-refractivity contribution in [2.24, 2.45) is 0 Å². The largest absolute Gasteiger partial charge is 0.360 e. The summed E-state index contributed by atoms with van der Waals surface area (Å²) in [5.74, 6) is 0.319. The average Bonchev–Trinajstić information content (AvgIpc) is 2.60. The van der Waals surface area contributed by atoms with Crippen molar-refractivity contribution in [2.45, 2.75) is 63.8 Å². The van der Waals surface area contributed by atoms with Gasteiger partial charge in [-0.3, -0.25) is 4.79 Å². The predicted octanol–water partition coefficient (Wildman–Crippen LogP) is 2.20. The summed E-state index contributed by atoms with van der Waals surface area (Å²) in [6.07, 6.45) is 3.75. The standard InChI is InChI=1S/C14H22N2O4S/c1-10(17)9-13-7-5-4-6-8-16(13)21(18,19)14-11(2)15-20-12(14)3/h13H,4-9H2,1-3H3. The van der Waals surface area contributed by atoms with Crippen molar-refractivity contribution in [2.75, 3.05) is 6.54 Å². The van der Waals surface area contributed by atoms with Crippen LogP contribution in [-0.2, 0) is 14.8 Å². The number of hydrogen-bond donors (Lipinski definition) is 0. The number of hydrogen-bond acceptors (Lipinski definition) is 5. The number of rotatable bonds is 4. The van der Waals surface area contributed by atoms with Gasteiger partial charge in [0.15, 0.2) is 5.76 Å².